The van der Waals surface area contributed by atoms with Crippen molar-refractivity contribution in [2.45, 2.75) is 0 Å². The van der Waals surface area contributed by atoms with Crippen LogP contribution in [0, 0.1) is 0 Å². The number of nitrogens with two attached hydrogens (primary N) is 1. The molecule has 3 rings (SSSR count). The zero-order valence-electron chi connectivity index (χ0n) is 8.16. The van der Waals surface area contributed by atoms with Crippen molar-refractivity contribution in [3.63, 3.8) is 0 Å². The second-order valence-corrected chi connectivity index (χ2v) is 4.22. The van der Waals surface area contributed by atoms with Crippen LogP contribution in [-0.2, 0) is 0 Å². The Kier molecular flexibility index (Phi) is 2.00. The van der Waals surface area contributed by atoms with Crippen LogP contribution in [0.2, 0.25) is 0 Å². The van der Waals surface area contributed by atoms with Gasteiger partial charge in [-0.2, -0.15) is 0 Å². The van der Waals surface area contributed by atoms with Crippen molar-refractivity contribution in [1.29, 1.82) is 0 Å². The summed E-state index contributed by atoms with van der Waals surface area (Å²) in [6, 6.07) is 5.72. The lowest BCUT2D eigenvalue weighted by molar-refractivity contribution is 1.10. The van der Waals surface area contributed by atoms with Gasteiger partial charge in [0.1, 0.15) is 5.69 Å². The molecule has 0 aromatic carbocycles. The molecule has 16 heavy (non-hydrogen) atoms. The molecule has 0 unspecified atom stereocenters. The number of hydrogen-bond donors (Lipinski definition) is 1. The normalized spacial score (nSPS) is 10.8. The van der Waals surface area contributed by atoms with Crippen molar-refractivity contribution >= 4 is 27.4 Å². The molecular formula is C10H7N5S. The van der Waals surface area contributed by atoms with Crippen LogP contribution in [0.1, 0.15) is 0 Å². The second-order valence-electron chi connectivity index (χ2n) is 3.21. The van der Waals surface area contributed by atoms with Gasteiger partial charge in [-0.25, -0.2) is 4.98 Å². The van der Waals surface area contributed by atoms with Gasteiger partial charge in [0.05, 0.1) is 5.52 Å². The SMILES string of the molecule is Nc1nnc(-c2ccc3cnccc3n2)s1. The maximum Gasteiger partial charge on any atom is 0.203 e. The molecule has 0 atom stereocenters. The number of nitrogen functional groups attached to an aromatic ring is 1. The first-order valence-electron chi connectivity index (χ1n) is 4.63. The fraction of sp³-hybridized carbons (Fsp3) is 0. The molecule has 2 N–H and O–H groups in total. The molecule has 3 heterocycles. The number of fused-ring (bicyclic) bond motifs is 1. The van der Waals surface area contributed by atoms with Gasteiger partial charge in [-0.1, -0.05) is 11.3 Å². The van der Waals surface area contributed by atoms with E-state index < -0.39 is 0 Å². The van der Waals surface area contributed by atoms with Crippen molar-refractivity contribution in [3.05, 3.63) is 30.6 Å². The Hall–Kier alpha value is -2.08. The Morgan fingerprint density at radius 1 is 1.12 bits per heavy atom. The highest BCUT2D eigenvalue weighted by Gasteiger charge is 2.06. The largest absolute Gasteiger partial charge is 0.374 e. The summed E-state index contributed by atoms with van der Waals surface area (Å²) in [6.45, 7) is 0. The van der Waals surface area contributed by atoms with E-state index in [0.29, 0.717) is 5.13 Å². The third-order valence-electron chi connectivity index (χ3n) is 2.15. The van der Waals surface area contributed by atoms with Crippen molar-refractivity contribution in [1.82, 2.24) is 20.2 Å². The monoisotopic (exact) mass is 229 g/mol. The van der Waals surface area contributed by atoms with Crippen LogP contribution >= 0.6 is 11.3 Å². The number of rotatable bonds is 1. The minimum Gasteiger partial charge on any atom is -0.374 e. The summed E-state index contributed by atoms with van der Waals surface area (Å²) in [4.78, 5) is 8.51. The van der Waals surface area contributed by atoms with Crippen LogP contribution in [0.4, 0.5) is 5.13 Å². The number of anilines is 1. The molecule has 0 aliphatic rings. The first-order valence-corrected chi connectivity index (χ1v) is 5.45. The minimum atomic E-state index is 0.451. The Labute approximate surface area is 95.0 Å². The Morgan fingerprint density at radius 3 is 2.88 bits per heavy atom. The Balaban J connectivity index is 2.18. The lowest BCUT2D eigenvalue weighted by atomic mass is 10.2. The molecule has 0 saturated carbocycles. The molecule has 0 aliphatic carbocycles. The molecule has 0 aliphatic heterocycles. The van der Waals surface area contributed by atoms with Crippen molar-refractivity contribution in [2.24, 2.45) is 0 Å². The Morgan fingerprint density at radius 2 is 2.06 bits per heavy atom. The summed E-state index contributed by atoms with van der Waals surface area (Å²) in [7, 11) is 0. The van der Waals surface area contributed by atoms with Crippen LogP contribution < -0.4 is 5.73 Å². The van der Waals surface area contributed by atoms with Crippen LogP contribution in [0.3, 0.4) is 0 Å². The zero-order valence-corrected chi connectivity index (χ0v) is 8.98. The smallest absolute Gasteiger partial charge is 0.203 e. The molecule has 0 saturated heterocycles. The van der Waals surface area contributed by atoms with Gasteiger partial charge in [0.15, 0.2) is 5.01 Å². The van der Waals surface area contributed by atoms with Gasteiger partial charge in [0, 0.05) is 17.8 Å². The summed E-state index contributed by atoms with van der Waals surface area (Å²) >= 11 is 1.33. The van der Waals surface area contributed by atoms with Crippen LogP contribution in [0.5, 0.6) is 0 Å². The van der Waals surface area contributed by atoms with Gasteiger partial charge in [0.25, 0.3) is 0 Å². The molecule has 6 heteroatoms. The van der Waals surface area contributed by atoms with E-state index in [1.54, 1.807) is 12.4 Å². The molecule has 0 fully saturated rings. The number of pyridine rings is 2. The van der Waals surface area contributed by atoms with Gasteiger partial charge in [-0.05, 0) is 18.2 Å². The first kappa shape index (κ1) is 9.17. The highest BCUT2D eigenvalue weighted by Crippen LogP contribution is 2.24. The van der Waals surface area contributed by atoms with Gasteiger partial charge in [-0.3, -0.25) is 4.98 Å². The average molecular weight is 229 g/mol. The van der Waals surface area contributed by atoms with Crippen molar-refractivity contribution in [2.75, 3.05) is 5.73 Å². The van der Waals surface area contributed by atoms with E-state index in [9.17, 15) is 0 Å². The number of nitrogens with zero attached hydrogens (tertiary/aromatic N) is 4. The number of aromatic nitrogens is 4. The summed E-state index contributed by atoms with van der Waals surface area (Å²) in [5, 5.41) is 9.91. The topological polar surface area (TPSA) is 77.6 Å². The first-order chi connectivity index (χ1) is 7.83. The maximum atomic E-state index is 5.54. The van der Waals surface area contributed by atoms with Crippen molar-refractivity contribution < 1.29 is 0 Å². The quantitative estimate of drug-likeness (QED) is 0.687. The van der Waals surface area contributed by atoms with E-state index in [-0.39, 0.29) is 0 Å². The van der Waals surface area contributed by atoms with Gasteiger partial charge >= 0.3 is 0 Å². The molecule has 0 radical (unpaired) electrons. The third-order valence-corrected chi connectivity index (χ3v) is 2.92. The summed E-state index contributed by atoms with van der Waals surface area (Å²) < 4.78 is 0. The van der Waals surface area contributed by atoms with E-state index >= 15 is 0 Å². The minimum absolute atomic E-state index is 0.451. The van der Waals surface area contributed by atoms with E-state index in [1.165, 1.54) is 11.3 Å². The second kappa shape index (κ2) is 3.49. The molecule has 78 valence electrons. The van der Waals surface area contributed by atoms with Gasteiger partial charge < -0.3 is 5.73 Å². The van der Waals surface area contributed by atoms with Crippen molar-refractivity contribution in [3.8, 4) is 10.7 Å². The third kappa shape index (κ3) is 1.49. The number of hydrogen-bond acceptors (Lipinski definition) is 6. The lowest BCUT2D eigenvalue weighted by Crippen LogP contribution is -1.85. The van der Waals surface area contributed by atoms with Gasteiger partial charge in [-0.15, -0.1) is 10.2 Å². The fourth-order valence-electron chi connectivity index (χ4n) is 1.42. The molecule has 3 aromatic heterocycles. The van der Waals surface area contributed by atoms with E-state index in [2.05, 4.69) is 20.2 Å². The highest BCUT2D eigenvalue weighted by molar-refractivity contribution is 7.18. The van der Waals surface area contributed by atoms with Gasteiger partial charge in [0.2, 0.25) is 5.13 Å². The fourth-order valence-corrected chi connectivity index (χ4v) is 2.00. The van der Waals surface area contributed by atoms with E-state index in [1.807, 2.05) is 18.2 Å². The van der Waals surface area contributed by atoms with Crippen LogP contribution in [0.15, 0.2) is 30.6 Å². The summed E-state index contributed by atoms with van der Waals surface area (Å²) in [5.74, 6) is 0. The standard InChI is InChI=1S/C10H7N5S/c11-10-15-14-9(16-10)8-2-1-6-5-12-4-3-7(6)13-8/h1-5H,(H2,11,15). The molecule has 0 spiro atoms. The highest BCUT2D eigenvalue weighted by atomic mass is 32.1. The van der Waals surface area contributed by atoms with Crippen LogP contribution in [0.25, 0.3) is 21.6 Å². The molecule has 0 bridgehead atoms. The summed E-state index contributed by atoms with van der Waals surface area (Å²) in [5.41, 5.74) is 7.21. The lowest BCUT2D eigenvalue weighted by Gasteiger charge is -1.98. The molecule has 5 nitrogen and oxygen atoms in total. The Bertz CT molecular complexity index is 648. The maximum absolute atomic E-state index is 5.54. The van der Waals surface area contributed by atoms with E-state index in [4.69, 9.17) is 5.73 Å². The predicted molar refractivity (Wildman–Crippen MR) is 62.9 cm³/mol. The zero-order chi connectivity index (χ0) is 11.0. The predicted octanol–water partition coefficient (Wildman–Crippen LogP) is 1.73. The average Bonchev–Trinajstić information content (AvgIpc) is 2.75. The summed E-state index contributed by atoms with van der Waals surface area (Å²) in [6.07, 6.45) is 3.49. The molecule has 0 amide bonds. The molecular weight excluding hydrogens is 222 g/mol. The van der Waals surface area contributed by atoms with E-state index in [0.717, 1.165) is 21.6 Å². The van der Waals surface area contributed by atoms with Crippen LogP contribution in [-0.4, -0.2) is 20.2 Å². The molecule has 3 aromatic rings.